The minimum atomic E-state index is -0.990. The Morgan fingerprint density at radius 3 is 2.46 bits per heavy atom. The molecule has 1 N–H and O–H groups in total. The van der Waals surface area contributed by atoms with E-state index in [9.17, 15) is 4.79 Å². The van der Waals surface area contributed by atoms with Crippen molar-refractivity contribution >= 4 is 16.9 Å². The maximum atomic E-state index is 10.6. The van der Waals surface area contributed by atoms with E-state index in [1.54, 1.807) is 13.2 Å². The van der Waals surface area contributed by atoms with E-state index in [1.165, 1.54) is 0 Å². The Kier molecular flexibility index (Phi) is 5.63. The summed E-state index contributed by atoms with van der Waals surface area (Å²) >= 11 is 0. The van der Waals surface area contributed by atoms with Gasteiger partial charge in [0.1, 0.15) is 17.2 Å². The summed E-state index contributed by atoms with van der Waals surface area (Å²) in [6.45, 7) is 1.05. The first-order valence-electron chi connectivity index (χ1n) is 8.36. The van der Waals surface area contributed by atoms with E-state index in [0.29, 0.717) is 12.4 Å². The smallest absolute Gasteiger partial charge is 0.341 e. The minimum Gasteiger partial charge on any atom is -0.497 e. The minimum absolute atomic E-state index is 0.345. The summed E-state index contributed by atoms with van der Waals surface area (Å²) in [7, 11) is 1.63. The Morgan fingerprint density at radius 1 is 1.00 bits per heavy atom. The molecular formula is C20H21NO5. The van der Waals surface area contributed by atoms with Gasteiger partial charge in [-0.3, -0.25) is 0 Å². The van der Waals surface area contributed by atoms with Crippen LogP contribution in [0.4, 0.5) is 0 Å². The van der Waals surface area contributed by atoms with E-state index in [2.05, 4.69) is 4.57 Å². The number of rotatable bonds is 9. The molecule has 0 aliphatic carbocycles. The molecule has 0 amide bonds. The lowest BCUT2D eigenvalue weighted by molar-refractivity contribution is -0.139. The van der Waals surface area contributed by atoms with Crippen LogP contribution in [0.3, 0.4) is 0 Å². The normalized spacial score (nSPS) is 10.7. The zero-order chi connectivity index (χ0) is 18.4. The number of nitrogens with zero attached hydrogens (tertiary/aromatic N) is 1. The fourth-order valence-electron chi connectivity index (χ4n) is 2.69. The number of carbonyl (C=O) groups is 1. The van der Waals surface area contributed by atoms with Gasteiger partial charge in [-0.1, -0.05) is 0 Å². The Hall–Kier alpha value is -3.15. The largest absolute Gasteiger partial charge is 0.497 e. The van der Waals surface area contributed by atoms with Crippen molar-refractivity contribution in [2.24, 2.45) is 0 Å². The summed E-state index contributed by atoms with van der Waals surface area (Å²) in [4.78, 5) is 10.6. The van der Waals surface area contributed by atoms with Crippen LogP contribution in [0.15, 0.2) is 54.7 Å². The molecule has 0 saturated carbocycles. The van der Waals surface area contributed by atoms with Crippen molar-refractivity contribution in [2.75, 3.05) is 20.3 Å². The molecule has 0 aliphatic rings. The Morgan fingerprint density at radius 2 is 1.73 bits per heavy atom. The summed E-state index contributed by atoms with van der Waals surface area (Å²) in [5.41, 5.74) is 1.01. The van der Waals surface area contributed by atoms with Crippen LogP contribution < -0.4 is 14.2 Å². The molecule has 0 aliphatic heterocycles. The summed E-state index contributed by atoms with van der Waals surface area (Å²) in [5, 5.41) is 9.80. The second-order valence-electron chi connectivity index (χ2n) is 5.79. The molecule has 0 fully saturated rings. The maximum Gasteiger partial charge on any atom is 0.341 e. The van der Waals surface area contributed by atoms with Crippen molar-refractivity contribution in [3.8, 4) is 17.2 Å². The monoisotopic (exact) mass is 355 g/mol. The fourth-order valence-corrected chi connectivity index (χ4v) is 2.69. The fraction of sp³-hybridized carbons (Fsp3) is 0.250. The second-order valence-corrected chi connectivity index (χ2v) is 5.79. The van der Waals surface area contributed by atoms with Crippen LogP contribution in [-0.4, -0.2) is 36.0 Å². The number of carboxylic acids is 1. The van der Waals surface area contributed by atoms with Crippen LogP contribution >= 0.6 is 0 Å². The van der Waals surface area contributed by atoms with Crippen molar-refractivity contribution in [3.05, 3.63) is 54.7 Å². The van der Waals surface area contributed by atoms with Crippen molar-refractivity contribution < 1.29 is 24.1 Å². The third kappa shape index (κ3) is 4.47. The molecule has 0 unspecified atom stereocenters. The number of hydrogen-bond donors (Lipinski definition) is 1. The highest BCUT2D eigenvalue weighted by molar-refractivity contribution is 5.81. The van der Waals surface area contributed by atoms with E-state index < -0.39 is 5.97 Å². The van der Waals surface area contributed by atoms with E-state index >= 15 is 0 Å². The molecule has 1 heterocycles. The van der Waals surface area contributed by atoms with Gasteiger partial charge >= 0.3 is 5.97 Å². The molecule has 2 aromatic carbocycles. The van der Waals surface area contributed by atoms with Gasteiger partial charge < -0.3 is 23.9 Å². The first-order chi connectivity index (χ1) is 12.7. The van der Waals surface area contributed by atoms with Crippen LogP contribution in [0, 0.1) is 0 Å². The Balaban J connectivity index is 1.56. The predicted octanol–water partition coefficient (Wildman–Crippen LogP) is 3.58. The highest BCUT2D eigenvalue weighted by Crippen LogP contribution is 2.23. The number of aliphatic carboxylic acids is 1. The van der Waals surface area contributed by atoms with Crippen LogP contribution in [0.1, 0.15) is 6.42 Å². The molecule has 0 atom stereocenters. The summed E-state index contributed by atoms with van der Waals surface area (Å²) in [6, 6.07) is 15.1. The molecule has 6 heteroatoms. The molecule has 0 spiro atoms. The lowest BCUT2D eigenvalue weighted by Gasteiger charge is -2.09. The molecule has 1 aromatic heterocycles. The Bertz CT molecular complexity index is 870. The third-order valence-electron chi connectivity index (χ3n) is 3.98. The summed E-state index contributed by atoms with van der Waals surface area (Å²) in [5.74, 6) is 1.18. The van der Waals surface area contributed by atoms with Gasteiger partial charge in [0.15, 0.2) is 6.61 Å². The SMILES string of the molecule is COc1ccc(OCCCn2ccc3ccc(OCC(=O)O)cc32)cc1. The standard InChI is InChI=1S/C20H21NO5/c1-24-16-5-7-17(8-6-16)25-12-2-10-21-11-9-15-3-4-18(13-19(15)21)26-14-20(22)23/h3-9,11,13H,2,10,12,14H2,1H3,(H,22,23). The van der Waals surface area contributed by atoms with E-state index in [0.717, 1.165) is 35.4 Å². The summed E-state index contributed by atoms with van der Waals surface area (Å²) in [6.07, 6.45) is 2.86. The number of hydrogen-bond acceptors (Lipinski definition) is 4. The molecule has 0 radical (unpaired) electrons. The number of aryl methyl sites for hydroxylation is 1. The average Bonchev–Trinajstić information content (AvgIpc) is 3.06. The molecule has 6 nitrogen and oxygen atoms in total. The number of benzene rings is 2. The van der Waals surface area contributed by atoms with Crippen molar-refractivity contribution in [3.63, 3.8) is 0 Å². The number of ether oxygens (including phenoxy) is 3. The van der Waals surface area contributed by atoms with Crippen LogP contribution in [0.5, 0.6) is 17.2 Å². The number of methoxy groups -OCH3 is 1. The zero-order valence-electron chi connectivity index (χ0n) is 14.6. The lowest BCUT2D eigenvalue weighted by Crippen LogP contribution is -2.09. The van der Waals surface area contributed by atoms with Gasteiger partial charge in [0.05, 0.1) is 19.2 Å². The second kappa shape index (κ2) is 8.29. The highest BCUT2D eigenvalue weighted by Gasteiger charge is 2.05. The topological polar surface area (TPSA) is 69.9 Å². The van der Waals surface area contributed by atoms with E-state index in [-0.39, 0.29) is 6.61 Å². The van der Waals surface area contributed by atoms with Crippen molar-refractivity contribution in [1.82, 2.24) is 4.57 Å². The highest BCUT2D eigenvalue weighted by atomic mass is 16.5. The molecule has 3 aromatic rings. The van der Waals surface area contributed by atoms with Crippen LogP contribution in [0.2, 0.25) is 0 Å². The van der Waals surface area contributed by atoms with Gasteiger partial charge in [0, 0.05) is 18.8 Å². The van der Waals surface area contributed by atoms with E-state index in [1.807, 2.05) is 48.7 Å². The first kappa shape index (κ1) is 17.7. The molecule has 3 rings (SSSR count). The van der Waals surface area contributed by atoms with Gasteiger partial charge in [0.25, 0.3) is 0 Å². The van der Waals surface area contributed by atoms with Gasteiger partial charge in [-0.25, -0.2) is 4.79 Å². The third-order valence-corrected chi connectivity index (χ3v) is 3.98. The number of carboxylic acid groups (broad SMARTS) is 1. The van der Waals surface area contributed by atoms with Crippen LogP contribution in [0.25, 0.3) is 10.9 Å². The average molecular weight is 355 g/mol. The van der Waals surface area contributed by atoms with Gasteiger partial charge in [-0.05, 0) is 54.3 Å². The van der Waals surface area contributed by atoms with Gasteiger partial charge in [-0.15, -0.1) is 0 Å². The molecule has 0 bridgehead atoms. The van der Waals surface area contributed by atoms with Crippen molar-refractivity contribution in [2.45, 2.75) is 13.0 Å². The number of fused-ring (bicyclic) bond motifs is 1. The van der Waals surface area contributed by atoms with Crippen molar-refractivity contribution in [1.29, 1.82) is 0 Å². The zero-order valence-corrected chi connectivity index (χ0v) is 14.6. The van der Waals surface area contributed by atoms with E-state index in [4.69, 9.17) is 19.3 Å². The molecular weight excluding hydrogens is 334 g/mol. The molecule has 136 valence electrons. The summed E-state index contributed by atoms with van der Waals surface area (Å²) < 4.78 is 18.2. The molecule has 26 heavy (non-hydrogen) atoms. The number of aromatic nitrogens is 1. The quantitative estimate of drug-likeness (QED) is 0.594. The Labute approximate surface area is 151 Å². The molecule has 0 saturated heterocycles. The lowest BCUT2D eigenvalue weighted by atomic mass is 10.2. The maximum absolute atomic E-state index is 10.6. The van der Waals surface area contributed by atoms with Crippen LogP contribution in [-0.2, 0) is 11.3 Å². The van der Waals surface area contributed by atoms with Gasteiger partial charge in [-0.2, -0.15) is 0 Å². The van der Waals surface area contributed by atoms with Gasteiger partial charge in [0.2, 0.25) is 0 Å². The predicted molar refractivity (Wildman–Crippen MR) is 98.2 cm³/mol. The first-order valence-corrected chi connectivity index (χ1v) is 8.36.